The molecule has 0 bridgehead atoms. The van der Waals surface area contributed by atoms with Gasteiger partial charge in [0.15, 0.2) is 0 Å². The molecule has 2 aromatic carbocycles. The number of hydrogen-bond donors (Lipinski definition) is 3. The highest BCUT2D eigenvalue weighted by Crippen LogP contribution is 2.47. The third kappa shape index (κ3) is 2.46. The number of hydrogen-bond acceptors (Lipinski definition) is 4. The van der Waals surface area contributed by atoms with Crippen molar-refractivity contribution in [1.82, 2.24) is 10.2 Å². The quantitative estimate of drug-likeness (QED) is 0.797. The van der Waals surface area contributed by atoms with Gasteiger partial charge < -0.3 is 20.6 Å². The van der Waals surface area contributed by atoms with Gasteiger partial charge in [-0.1, -0.05) is 18.2 Å². The largest absolute Gasteiger partial charge is 0.508 e. The lowest BCUT2D eigenvalue weighted by Gasteiger charge is -2.30. The summed E-state index contributed by atoms with van der Waals surface area (Å²) in [6.07, 6.45) is 2.53. The lowest BCUT2D eigenvalue weighted by Crippen LogP contribution is -2.40. The molecule has 3 aliphatic rings. The van der Waals surface area contributed by atoms with Gasteiger partial charge in [-0.25, -0.2) is 0 Å². The van der Waals surface area contributed by atoms with Crippen molar-refractivity contribution in [3.8, 4) is 5.75 Å². The van der Waals surface area contributed by atoms with Crippen LogP contribution in [-0.2, 0) is 0 Å². The number of aromatic hydroxyl groups is 1. The van der Waals surface area contributed by atoms with Gasteiger partial charge in [0, 0.05) is 29.8 Å². The molecule has 3 aliphatic heterocycles. The minimum Gasteiger partial charge on any atom is -0.508 e. The Balaban J connectivity index is 1.54. The molecule has 2 aromatic rings. The fraction of sp³-hybridized carbons (Fsp3) is 0.381. The summed E-state index contributed by atoms with van der Waals surface area (Å²) in [5.74, 6) is 0.314. The molecule has 3 N–H and O–H groups in total. The first kappa shape index (κ1) is 15.7. The van der Waals surface area contributed by atoms with Crippen LogP contribution in [-0.4, -0.2) is 41.6 Å². The van der Waals surface area contributed by atoms with Crippen molar-refractivity contribution in [2.24, 2.45) is 0 Å². The van der Waals surface area contributed by atoms with E-state index in [9.17, 15) is 9.90 Å². The van der Waals surface area contributed by atoms with Crippen LogP contribution < -0.4 is 10.6 Å². The van der Waals surface area contributed by atoms with Crippen LogP contribution in [0.15, 0.2) is 42.5 Å². The molecular weight excluding hydrogens is 326 g/mol. The van der Waals surface area contributed by atoms with Crippen molar-refractivity contribution in [2.45, 2.75) is 30.8 Å². The minimum absolute atomic E-state index is 0.0469. The maximum absolute atomic E-state index is 12.5. The first-order chi connectivity index (χ1) is 12.7. The van der Waals surface area contributed by atoms with Gasteiger partial charge >= 0.3 is 0 Å². The number of para-hydroxylation sites is 1. The van der Waals surface area contributed by atoms with Crippen molar-refractivity contribution in [3.05, 3.63) is 59.2 Å². The second-order valence-corrected chi connectivity index (χ2v) is 7.59. The smallest absolute Gasteiger partial charge is 0.252 e. The third-order valence-electron chi connectivity index (χ3n) is 6.01. The van der Waals surface area contributed by atoms with Crippen LogP contribution in [0, 0.1) is 0 Å². The molecule has 3 unspecified atom stereocenters. The summed E-state index contributed by atoms with van der Waals surface area (Å²) in [6, 6.07) is 13.6. The Morgan fingerprint density at radius 3 is 2.69 bits per heavy atom. The van der Waals surface area contributed by atoms with E-state index in [0.717, 1.165) is 30.9 Å². The van der Waals surface area contributed by atoms with Gasteiger partial charge in [-0.3, -0.25) is 4.79 Å². The number of phenolic OH excluding ortho intramolecular Hbond substituents is 1. The number of amides is 1. The van der Waals surface area contributed by atoms with E-state index in [1.165, 1.54) is 18.4 Å². The molecule has 3 atom stereocenters. The molecule has 0 aromatic heterocycles. The molecule has 134 valence electrons. The van der Waals surface area contributed by atoms with Crippen LogP contribution in [0.3, 0.4) is 0 Å². The van der Waals surface area contributed by atoms with Crippen molar-refractivity contribution < 1.29 is 9.90 Å². The number of fused-ring (bicyclic) bond motifs is 2. The average molecular weight is 349 g/mol. The standard InChI is InChI=1S/C21H23N3O2/c25-13-7-8-14-16(11-13)20(23-21(14)26)19-15-5-1-2-6-17(15)22-18(19)12-24-9-3-4-10-24/h1-2,5-8,11,18-20,22,25H,3-4,9-10,12H2,(H,23,26). The Labute approximate surface area is 153 Å². The predicted molar refractivity (Wildman–Crippen MR) is 101 cm³/mol. The fourth-order valence-electron chi connectivity index (χ4n) is 4.83. The Hall–Kier alpha value is -2.53. The number of rotatable bonds is 3. The lowest BCUT2D eigenvalue weighted by molar-refractivity contribution is 0.0950. The molecule has 1 amide bonds. The lowest BCUT2D eigenvalue weighted by atomic mass is 9.84. The van der Waals surface area contributed by atoms with Gasteiger partial charge in [-0.15, -0.1) is 0 Å². The first-order valence-electron chi connectivity index (χ1n) is 9.42. The third-order valence-corrected chi connectivity index (χ3v) is 6.01. The highest BCUT2D eigenvalue weighted by molar-refractivity contribution is 5.99. The SMILES string of the molecule is O=C1NC(C2c3ccccc3NC2CN2CCCC2)c2cc(O)ccc21. The summed E-state index contributed by atoms with van der Waals surface area (Å²) >= 11 is 0. The molecule has 5 rings (SSSR count). The van der Waals surface area contributed by atoms with E-state index in [-0.39, 0.29) is 29.7 Å². The topological polar surface area (TPSA) is 64.6 Å². The normalized spacial score (nSPS) is 27.1. The molecule has 1 fully saturated rings. The van der Waals surface area contributed by atoms with E-state index in [1.54, 1.807) is 18.2 Å². The number of likely N-dealkylation sites (tertiary alicyclic amines) is 1. The monoisotopic (exact) mass is 349 g/mol. The number of nitrogens with one attached hydrogen (secondary N) is 2. The number of carbonyl (C=O) groups is 1. The summed E-state index contributed by atoms with van der Waals surface area (Å²) in [4.78, 5) is 15.0. The zero-order chi connectivity index (χ0) is 17.7. The maximum atomic E-state index is 12.5. The Morgan fingerprint density at radius 1 is 1.04 bits per heavy atom. The minimum atomic E-state index is -0.117. The summed E-state index contributed by atoms with van der Waals surface area (Å²) < 4.78 is 0. The van der Waals surface area contributed by atoms with Gasteiger partial charge in [0.05, 0.1) is 6.04 Å². The van der Waals surface area contributed by atoms with Crippen LogP contribution in [0.1, 0.15) is 46.3 Å². The molecule has 5 heteroatoms. The second kappa shape index (κ2) is 6.02. The van der Waals surface area contributed by atoms with Gasteiger partial charge in [-0.05, 0) is 61.3 Å². The Bertz CT molecular complexity index is 860. The average Bonchev–Trinajstić information content (AvgIpc) is 3.33. The zero-order valence-corrected chi connectivity index (χ0v) is 14.6. The summed E-state index contributed by atoms with van der Waals surface area (Å²) in [5, 5.41) is 16.8. The van der Waals surface area contributed by atoms with Crippen LogP contribution in [0.2, 0.25) is 0 Å². The van der Waals surface area contributed by atoms with Gasteiger partial charge in [-0.2, -0.15) is 0 Å². The van der Waals surface area contributed by atoms with Crippen molar-refractivity contribution >= 4 is 11.6 Å². The molecule has 0 saturated carbocycles. The first-order valence-corrected chi connectivity index (χ1v) is 9.42. The molecule has 0 spiro atoms. The molecular formula is C21H23N3O2. The number of anilines is 1. The predicted octanol–water partition coefficient (Wildman–Crippen LogP) is 2.85. The molecule has 0 aliphatic carbocycles. The highest BCUT2D eigenvalue weighted by atomic mass is 16.3. The van der Waals surface area contributed by atoms with Gasteiger partial charge in [0.2, 0.25) is 0 Å². The van der Waals surface area contributed by atoms with Crippen LogP contribution >= 0.6 is 0 Å². The number of benzene rings is 2. The van der Waals surface area contributed by atoms with E-state index in [2.05, 4.69) is 33.7 Å². The van der Waals surface area contributed by atoms with E-state index >= 15 is 0 Å². The summed E-state index contributed by atoms with van der Waals surface area (Å²) in [5.41, 5.74) is 3.99. The Kier molecular flexibility index (Phi) is 3.64. The van der Waals surface area contributed by atoms with Gasteiger partial charge in [0.25, 0.3) is 5.91 Å². The highest BCUT2D eigenvalue weighted by Gasteiger charge is 2.43. The van der Waals surface area contributed by atoms with E-state index in [1.807, 2.05) is 6.07 Å². The van der Waals surface area contributed by atoms with Gasteiger partial charge in [0.1, 0.15) is 5.75 Å². The van der Waals surface area contributed by atoms with Crippen LogP contribution in [0.25, 0.3) is 0 Å². The molecule has 0 radical (unpaired) electrons. The Morgan fingerprint density at radius 2 is 1.85 bits per heavy atom. The van der Waals surface area contributed by atoms with E-state index < -0.39 is 0 Å². The zero-order valence-electron chi connectivity index (χ0n) is 14.6. The number of carbonyl (C=O) groups excluding carboxylic acids is 1. The number of phenols is 1. The fourth-order valence-corrected chi connectivity index (χ4v) is 4.83. The van der Waals surface area contributed by atoms with Crippen molar-refractivity contribution in [2.75, 3.05) is 25.0 Å². The molecule has 1 saturated heterocycles. The van der Waals surface area contributed by atoms with E-state index in [4.69, 9.17) is 0 Å². The maximum Gasteiger partial charge on any atom is 0.252 e. The molecule has 26 heavy (non-hydrogen) atoms. The van der Waals surface area contributed by atoms with Crippen LogP contribution in [0.4, 0.5) is 5.69 Å². The molecule has 3 heterocycles. The van der Waals surface area contributed by atoms with E-state index in [0.29, 0.717) is 5.56 Å². The summed E-state index contributed by atoms with van der Waals surface area (Å²) in [7, 11) is 0. The second-order valence-electron chi connectivity index (χ2n) is 7.59. The molecule has 5 nitrogen and oxygen atoms in total. The number of nitrogens with zero attached hydrogens (tertiary/aromatic N) is 1. The van der Waals surface area contributed by atoms with Crippen molar-refractivity contribution in [1.29, 1.82) is 0 Å². The summed E-state index contributed by atoms with van der Waals surface area (Å²) in [6.45, 7) is 3.27. The van der Waals surface area contributed by atoms with Crippen LogP contribution in [0.5, 0.6) is 5.75 Å². The van der Waals surface area contributed by atoms with Crippen molar-refractivity contribution in [3.63, 3.8) is 0 Å².